The number of nitrogens with zero attached hydrogens (tertiary/aromatic N) is 3. The van der Waals surface area contributed by atoms with Gasteiger partial charge in [0.1, 0.15) is 18.5 Å². The summed E-state index contributed by atoms with van der Waals surface area (Å²) in [5, 5.41) is 17.0. The van der Waals surface area contributed by atoms with Gasteiger partial charge in [-0.1, -0.05) is 19.0 Å². The molecule has 1 aliphatic carbocycles. The second kappa shape index (κ2) is 8.30. The smallest absolute Gasteiger partial charge is 0.341 e. The second-order valence-corrected chi connectivity index (χ2v) is 8.54. The first kappa shape index (κ1) is 21.3. The van der Waals surface area contributed by atoms with Crippen LogP contribution in [0.1, 0.15) is 43.1 Å². The van der Waals surface area contributed by atoms with Gasteiger partial charge in [-0.15, -0.1) is 0 Å². The zero-order valence-corrected chi connectivity index (χ0v) is 17.9. The first-order valence-electron chi connectivity index (χ1n) is 10.5. The molecule has 0 amide bonds. The van der Waals surface area contributed by atoms with E-state index in [1.54, 1.807) is 10.6 Å². The number of rotatable bonds is 7. The van der Waals surface area contributed by atoms with Gasteiger partial charge in [-0.25, -0.2) is 9.18 Å². The van der Waals surface area contributed by atoms with Gasteiger partial charge in [-0.2, -0.15) is 0 Å². The molecular weight excluding hydrogens is 403 g/mol. The molecule has 0 bridgehead atoms. The Morgan fingerprint density at radius 2 is 2.13 bits per heavy atom. The Kier molecular flexibility index (Phi) is 5.70. The third kappa shape index (κ3) is 4.14. The zero-order valence-electron chi connectivity index (χ0n) is 17.9. The molecule has 1 aromatic heterocycles. The summed E-state index contributed by atoms with van der Waals surface area (Å²) in [4.78, 5) is 31.1. The van der Waals surface area contributed by atoms with Crippen LogP contribution in [0.3, 0.4) is 0 Å². The van der Waals surface area contributed by atoms with Gasteiger partial charge < -0.3 is 24.7 Å². The van der Waals surface area contributed by atoms with Gasteiger partial charge in [0, 0.05) is 42.7 Å². The molecule has 1 saturated heterocycles. The van der Waals surface area contributed by atoms with E-state index in [9.17, 15) is 14.7 Å². The molecular formula is C22H27FN4O4. The summed E-state index contributed by atoms with van der Waals surface area (Å²) >= 11 is 0. The molecule has 0 spiro atoms. The van der Waals surface area contributed by atoms with E-state index in [0.29, 0.717) is 36.9 Å². The van der Waals surface area contributed by atoms with Crippen molar-refractivity contribution in [3.05, 3.63) is 39.9 Å². The quantitative estimate of drug-likeness (QED) is 0.656. The number of aromatic carboxylic acids is 1. The summed E-state index contributed by atoms with van der Waals surface area (Å²) in [5.41, 5.74) is 0.771. The molecule has 1 aromatic carbocycles. The molecule has 2 N–H and O–H groups in total. The van der Waals surface area contributed by atoms with Crippen LogP contribution in [0.2, 0.25) is 0 Å². The maximum absolute atomic E-state index is 15.2. The van der Waals surface area contributed by atoms with Crippen LogP contribution >= 0.6 is 0 Å². The minimum atomic E-state index is -1.30. The summed E-state index contributed by atoms with van der Waals surface area (Å²) in [5.74, 6) is -1.78. The minimum absolute atomic E-state index is 0.0671. The average molecular weight is 430 g/mol. The Labute approximate surface area is 179 Å². The van der Waals surface area contributed by atoms with Gasteiger partial charge in [0.2, 0.25) is 5.43 Å². The number of pyridine rings is 1. The van der Waals surface area contributed by atoms with Gasteiger partial charge in [0.15, 0.2) is 0 Å². The van der Waals surface area contributed by atoms with Gasteiger partial charge in [-0.05, 0) is 25.0 Å². The molecule has 31 heavy (non-hydrogen) atoms. The summed E-state index contributed by atoms with van der Waals surface area (Å²) in [6.45, 7) is 5.80. The number of anilines is 1. The van der Waals surface area contributed by atoms with Gasteiger partial charge in [0.25, 0.3) is 0 Å². The fourth-order valence-electron chi connectivity index (χ4n) is 4.13. The zero-order chi connectivity index (χ0) is 22.3. The molecule has 9 heteroatoms. The molecule has 166 valence electrons. The van der Waals surface area contributed by atoms with E-state index in [2.05, 4.69) is 24.3 Å². The highest BCUT2D eigenvalue weighted by Gasteiger charge is 2.33. The van der Waals surface area contributed by atoms with Crippen LogP contribution in [-0.2, 0) is 4.84 Å². The Hall–Kier alpha value is -2.94. The molecule has 1 unspecified atom stereocenters. The van der Waals surface area contributed by atoms with E-state index in [1.165, 1.54) is 19.4 Å². The van der Waals surface area contributed by atoms with Crippen LogP contribution in [0, 0.1) is 11.7 Å². The lowest BCUT2D eigenvalue weighted by Crippen LogP contribution is -2.33. The highest BCUT2D eigenvalue weighted by molar-refractivity contribution is 5.96. The van der Waals surface area contributed by atoms with Gasteiger partial charge in [0.05, 0.1) is 23.5 Å². The number of carboxylic acids is 1. The highest BCUT2D eigenvalue weighted by atomic mass is 19.1. The summed E-state index contributed by atoms with van der Waals surface area (Å²) < 4.78 is 17.0. The SMILES string of the molecule is CO/N=C1\CN(c2cc3c(cc2F)c(=O)c(C(=O)O)cn3C2CC2)CC1CNC(C)C. The Bertz CT molecular complexity index is 1110. The average Bonchev–Trinajstić information content (AvgIpc) is 3.48. The Morgan fingerprint density at radius 1 is 1.39 bits per heavy atom. The third-order valence-electron chi connectivity index (χ3n) is 5.86. The highest BCUT2D eigenvalue weighted by Crippen LogP contribution is 2.38. The molecule has 4 rings (SSSR count). The molecule has 1 atom stereocenters. The van der Waals surface area contributed by atoms with Crippen molar-refractivity contribution in [1.29, 1.82) is 0 Å². The first-order valence-corrected chi connectivity index (χ1v) is 10.5. The van der Waals surface area contributed by atoms with Crippen molar-refractivity contribution in [3.8, 4) is 0 Å². The molecule has 2 aliphatic rings. The lowest BCUT2D eigenvalue weighted by Gasteiger charge is -2.21. The third-order valence-corrected chi connectivity index (χ3v) is 5.86. The number of nitrogens with one attached hydrogen (secondary N) is 1. The molecule has 8 nitrogen and oxygen atoms in total. The number of hydrogen-bond donors (Lipinski definition) is 2. The minimum Gasteiger partial charge on any atom is -0.477 e. The van der Waals surface area contributed by atoms with Crippen LogP contribution < -0.4 is 15.6 Å². The fraction of sp³-hybridized carbons (Fsp3) is 0.500. The predicted molar refractivity (Wildman–Crippen MR) is 117 cm³/mol. The largest absolute Gasteiger partial charge is 0.477 e. The number of fused-ring (bicyclic) bond motifs is 1. The monoisotopic (exact) mass is 430 g/mol. The normalized spacial score (nSPS) is 20.2. The number of oxime groups is 1. The number of halogens is 1. The van der Waals surface area contributed by atoms with E-state index in [4.69, 9.17) is 4.84 Å². The topological polar surface area (TPSA) is 96.2 Å². The molecule has 1 saturated carbocycles. The van der Waals surface area contributed by atoms with E-state index < -0.39 is 17.2 Å². The maximum atomic E-state index is 15.2. The number of carbonyl (C=O) groups is 1. The van der Waals surface area contributed by atoms with Crippen molar-refractivity contribution >= 4 is 28.3 Å². The Balaban J connectivity index is 1.76. The van der Waals surface area contributed by atoms with Crippen LogP contribution in [0.15, 0.2) is 28.3 Å². The van der Waals surface area contributed by atoms with E-state index in [1.807, 2.05) is 4.90 Å². The molecule has 2 heterocycles. The predicted octanol–water partition coefficient (Wildman–Crippen LogP) is 2.61. The van der Waals surface area contributed by atoms with Crippen molar-refractivity contribution in [1.82, 2.24) is 9.88 Å². The molecule has 0 radical (unpaired) electrons. The lowest BCUT2D eigenvalue weighted by atomic mass is 10.1. The number of carboxylic acid groups (broad SMARTS) is 1. The van der Waals surface area contributed by atoms with Crippen LogP contribution in [-0.4, -0.2) is 54.1 Å². The van der Waals surface area contributed by atoms with Crippen molar-refractivity contribution in [2.75, 3.05) is 31.6 Å². The van der Waals surface area contributed by atoms with Crippen molar-refractivity contribution in [2.24, 2.45) is 11.1 Å². The summed E-state index contributed by atoms with van der Waals surface area (Å²) in [7, 11) is 1.49. The number of hydrogen-bond acceptors (Lipinski definition) is 6. The van der Waals surface area contributed by atoms with E-state index in [0.717, 1.165) is 18.6 Å². The standard InChI is InChI=1S/C22H27FN4O4/c1-12(2)24-8-13-9-26(11-18(13)25-31-3)20-7-19-15(6-17(20)23)21(28)16(22(29)30)10-27(19)14-4-5-14/h6-7,10,12-14,24H,4-5,8-9,11H2,1-3H3,(H,29,30)/b25-18+. The fourth-order valence-corrected chi connectivity index (χ4v) is 4.13. The molecule has 1 aliphatic heterocycles. The summed E-state index contributed by atoms with van der Waals surface area (Å²) in [6, 6.07) is 3.28. The number of benzene rings is 1. The van der Waals surface area contributed by atoms with Crippen LogP contribution in [0.4, 0.5) is 10.1 Å². The lowest BCUT2D eigenvalue weighted by molar-refractivity contribution is 0.0695. The maximum Gasteiger partial charge on any atom is 0.341 e. The van der Waals surface area contributed by atoms with E-state index >= 15 is 4.39 Å². The van der Waals surface area contributed by atoms with Crippen LogP contribution in [0.5, 0.6) is 0 Å². The van der Waals surface area contributed by atoms with Crippen molar-refractivity contribution in [3.63, 3.8) is 0 Å². The second-order valence-electron chi connectivity index (χ2n) is 8.54. The van der Waals surface area contributed by atoms with Crippen LogP contribution in [0.25, 0.3) is 10.9 Å². The van der Waals surface area contributed by atoms with Crippen molar-refractivity contribution < 1.29 is 19.1 Å². The number of aromatic nitrogens is 1. The first-order chi connectivity index (χ1) is 14.8. The summed E-state index contributed by atoms with van der Waals surface area (Å²) in [6.07, 6.45) is 3.20. The van der Waals surface area contributed by atoms with Gasteiger partial charge in [-0.3, -0.25) is 4.79 Å². The molecule has 2 aromatic rings. The molecule has 2 fully saturated rings. The van der Waals surface area contributed by atoms with Crippen molar-refractivity contribution in [2.45, 2.75) is 38.8 Å². The van der Waals surface area contributed by atoms with E-state index in [-0.39, 0.29) is 22.9 Å². The Morgan fingerprint density at radius 3 is 2.74 bits per heavy atom. The van der Waals surface area contributed by atoms with Gasteiger partial charge >= 0.3 is 5.97 Å².